The van der Waals surface area contributed by atoms with E-state index in [1.807, 2.05) is 6.08 Å². The Morgan fingerprint density at radius 1 is 1.07 bits per heavy atom. The van der Waals surface area contributed by atoms with Gasteiger partial charge in [0.2, 0.25) is 0 Å². The van der Waals surface area contributed by atoms with E-state index in [1.165, 1.54) is 45.3 Å². The van der Waals surface area contributed by atoms with Crippen LogP contribution in [0.4, 0.5) is 0 Å². The minimum atomic E-state index is 0.926. The summed E-state index contributed by atoms with van der Waals surface area (Å²) in [6, 6.07) is 0. The van der Waals surface area contributed by atoms with Gasteiger partial charge in [0, 0.05) is 19.6 Å². The Hall–Kier alpha value is -0.340. The molecule has 0 radical (unpaired) electrons. The van der Waals surface area contributed by atoms with E-state index in [9.17, 15) is 0 Å². The number of nitrogens with one attached hydrogen (secondary N) is 1. The predicted octanol–water partition coefficient (Wildman–Crippen LogP) is 2.66. The Morgan fingerprint density at radius 3 is 2.13 bits per heavy atom. The summed E-state index contributed by atoms with van der Waals surface area (Å²) in [7, 11) is 0. The number of hydrogen-bond donors (Lipinski definition) is 1. The fourth-order valence-electron chi connectivity index (χ4n) is 1.54. The van der Waals surface area contributed by atoms with Crippen molar-refractivity contribution in [3.63, 3.8) is 0 Å². The molecule has 0 fully saturated rings. The molecule has 0 aromatic carbocycles. The Bertz CT molecular complexity index is 126. The monoisotopic (exact) mass is 212 g/mol. The van der Waals surface area contributed by atoms with E-state index in [2.05, 4.69) is 30.6 Å². The zero-order chi connectivity index (χ0) is 11.4. The van der Waals surface area contributed by atoms with Gasteiger partial charge in [0.1, 0.15) is 0 Å². The maximum absolute atomic E-state index is 3.70. The lowest BCUT2D eigenvalue weighted by molar-refractivity contribution is 0.266. The molecule has 2 heteroatoms. The molecule has 0 aromatic heterocycles. The quantitative estimate of drug-likeness (QED) is 0.418. The molecule has 0 amide bonds. The second kappa shape index (κ2) is 11.7. The molecule has 15 heavy (non-hydrogen) atoms. The van der Waals surface area contributed by atoms with Crippen molar-refractivity contribution in [3.8, 4) is 0 Å². The third kappa shape index (κ3) is 9.95. The fourth-order valence-corrected chi connectivity index (χ4v) is 1.54. The average molecular weight is 212 g/mol. The van der Waals surface area contributed by atoms with Crippen molar-refractivity contribution in [2.24, 2.45) is 0 Å². The predicted molar refractivity (Wildman–Crippen MR) is 69.3 cm³/mol. The van der Waals surface area contributed by atoms with E-state index in [0.717, 1.165) is 13.1 Å². The zero-order valence-corrected chi connectivity index (χ0v) is 10.6. The van der Waals surface area contributed by atoms with Crippen LogP contribution in [0.2, 0.25) is 0 Å². The maximum atomic E-state index is 3.70. The Labute approximate surface area is 95.7 Å². The van der Waals surface area contributed by atoms with Crippen molar-refractivity contribution in [2.75, 3.05) is 32.7 Å². The molecule has 90 valence electrons. The molecule has 0 heterocycles. The van der Waals surface area contributed by atoms with Gasteiger partial charge in [0.15, 0.2) is 0 Å². The van der Waals surface area contributed by atoms with Gasteiger partial charge in [-0.3, -0.25) is 0 Å². The fraction of sp³-hybridized carbons (Fsp3) is 0.846. The van der Waals surface area contributed by atoms with Gasteiger partial charge in [-0.25, -0.2) is 0 Å². The molecular weight excluding hydrogens is 184 g/mol. The van der Waals surface area contributed by atoms with Crippen LogP contribution in [0.5, 0.6) is 0 Å². The Morgan fingerprint density at radius 2 is 1.67 bits per heavy atom. The van der Waals surface area contributed by atoms with Crippen LogP contribution >= 0.6 is 0 Å². The maximum Gasteiger partial charge on any atom is 0.0132 e. The van der Waals surface area contributed by atoms with E-state index >= 15 is 0 Å². The van der Waals surface area contributed by atoms with E-state index in [4.69, 9.17) is 0 Å². The summed E-state index contributed by atoms with van der Waals surface area (Å²) in [6.45, 7) is 13.9. The van der Waals surface area contributed by atoms with Gasteiger partial charge in [-0.1, -0.05) is 32.8 Å². The summed E-state index contributed by atoms with van der Waals surface area (Å²) in [6.07, 6.45) is 7.16. The van der Waals surface area contributed by atoms with Gasteiger partial charge in [0.25, 0.3) is 0 Å². The second-order valence-electron chi connectivity index (χ2n) is 4.04. The molecule has 0 aliphatic rings. The first-order valence-corrected chi connectivity index (χ1v) is 6.39. The summed E-state index contributed by atoms with van der Waals surface area (Å²) in [4.78, 5) is 2.57. The highest BCUT2D eigenvalue weighted by atomic mass is 15.1. The van der Waals surface area contributed by atoms with Crippen LogP contribution in [0.1, 0.15) is 39.5 Å². The van der Waals surface area contributed by atoms with E-state index in [0.29, 0.717) is 0 Å². The number of nitrogens with zero attached hydrogens (tertiary/aromatic N) is 1. The molecule has 0 bridgehead atoms. The molecule has 0 aliphatic heterocycles. The molecule has 1 N–H and O–H groups in total. The third-order valence-corrected chi connectivity index (χ3v) is 2.55. The van der Waals surface area contributed by atoms with Crippen LogP contribution < -0.4 is 5.32 Å². The normalized spacial score (nSPS) is 10.9. The van der Waals surface area contributed by atoms with Crippen LogP contribution in [0, 0.1) is 0 Å². The SMILES string of the molecule is C=CCNCCN(CCCC)CCCC. The Kier molecular flexibility index (Phi) is 11.5. The van der Waals surface area contributed by atoms with Crippen LogP contribution in [-0.2, 0) is 0 Å². The highest BCUT2D eigenvalue weighted by Gasteiger charge is 2.02. The molecule has 0 saturated carbocycles. The van der Waals surface area contributed by atoms with E-state index in [1.54, 1.807) is 0 Å². The van der Waals surface area contributed by atoms with Crippen LogP contribution in [-0.4, -0.2) is 37.6 Å². The van der Waals surface area contributed by atoms with Gasteiger partial charge in [-0.2, -0.15) is 0 Å². The van der Waals surface area contributed by atoms with Gasteiger partial charge in [-0.05, 0) is 25.9 Å². The lowest BCUT2D eigenvalue weighted by Crippen LogP contribution is -2.33. The van der Waals surface area contributed by atoms with Crippen LogP contribution in [0.15, 0.2) is 12.7 Å². The first-order chi connectivity index (χ1) is 7.35. The highest BCUT2D eigenvalue weighted by Crippen LogP contribution is 1.98. The second-order valence-corrected chi connectivity index (χ2v) is 4.04. The summed E-state index contributed by atoms with van der Waals surface area (Å²) in [5.74, 6) is 0. The standard InChI is InChI=1S/C13H28N2/c1-4-7-11-15(12-8-5-2)13-10-14-9-6-3/h6,14H,3-5,7-13H2,1-2H3. The minimum absolute atomic E-state index is 0.926. The molecule has 0 rings (SSSR count). The molecule has 0 aromatic rings. The van der Waals surface area contributed by atoms with Gasteiger partial charge in [0.05, 0.1) is 0 Å². The van der Waals surface area contributed by atoms with Crippen LogP contribution in [0.3, 0.4) is 0 Å². The first-order valence-electron chi connectivity index (χ1n) is 6.39. The minimum Gasteiger partial charge on any atom is -0.312 e. The molecule has 0 spiro atoms. The molecule has 0 saturated heterocycles. The average Bonchev–Trinajstić information content (AvgIpc) is 2.27. The first kappa shape index (κ1) is 14.7. The number of unbranched alkanes of at least 4 members (excludes halogenated alkanes) is 2. The van der Waals surface area contributed by atoms with Crippen molar-refractivity contribution < 1.29 is 0 Å². The summed E-state index contributed by atoms with van der Waals surface area (Å²) in [5.41, 5.74) is 0. The van der Waals surface area contributed by atoms with Crippen molar-refractivity contribution >= 4 is 0 Å². The van der Waals surface area contributed by atoms with Gasteiger partial charge in [-0.15, -0.1) is 6.58 Å². The summed E-state index contributed by atoms with van der Waals surface area (Å²) in [5, 5.41) is 3.36. The summed E-state index contributed by atoms with van der Waals surface area (Å²) < 4.78 is 0. The van der Waals surface area contributed by atoms with Gasteiger partial charge >= 0.3 is 0 Å². The topological polar surface area (TPSA) is 15.3 Å². The smallest absolute Gasteiger partial charge is 0.0132 e. The molecule has 2 nitrogen and oxygen atoms in total. The Balaban J connectivity index is 3.53. The van der Waals surface area contributed by atoms with Crippen molar-refractivity contribution in [1.29, 1.82) is 0 Å². The van der Waals surface area contributed by atoms with Crippen LogP contribution in [0.25, 0.3) is 0 Å². The van der Waals surface area contributed by atoms with Crippen molar-refractivity contribution in [2.45, 2.75) is 39.5 Å². The van der Waals surface area contributed by atoms with Gasteiger partial charge < -0.3 is 10.2 Å². The largest absolute Gasteiger partial charge is 0.312 e. The van der Waals surface area contributed by atoms with E-state index < -0.39 is 0 Å². The zero-order valence-electron chi connectivity index (χ0n) is 10.6. The highest BCUT2D eigenvalue weighted by molar-refractivity contribution is 4.70. The third-order valence-electron chi connectivity index (χ3n) is 2.55. The molecule has 0 unspecified atom stereocenters. The molecular formula is C13H28N2. The summed E-state index contributed by atoms with van der Waals surface area (Å²) >= 11 is 0. The van der Waals surface area contributed by atoms with E-state index in [-0.39, 0.29) is 0 Å². The number of rotatable bonds is 11. The van der Waals surface area contributed by atoms with Crippen molar-refractivity contribution in [3.05, 3.63) is 12.7 Å². The molecule has 0 aliphatic carbocycles. The lowest BCUT2D eigenvalue weighted by Gasteiger charge is -2.21. The lowest BCUT2D eigenvalue weighted by atomic mass is 10.2. The van der Waals surface area contributed by atoms with Crippen molar-refractivity contribution in [1.82, 2.24) is 10.2 Å². The number of hydrogen-bond acceptors (Lipinski definition) is 2. The molecule has 0 atom stereocenters.